The van der Waals surface area contributed by atoms with E-state index in [2.05, 4.69) is 6.58 Å². The molecule has 0 aliphatic carbocycles. The summed E-state index contributed by atoms with van der Waals surface area (Å²) in [4.78, 5) is 14.4. The van der Waals surface area contributed by atoms with Gasteiger partial charge in [-0.2, -0.15) is 0 Å². The lowest BCUT2D eigenvalue weighted by atomic mass is 10.1. The molecule has 1 fully saturated rings. The second-order valence-corrected chi connectivity index (χ2v) is 3.13. The van der Waals surface area contributed by atoms with Crippen molar-refractivity contribution in [1.82, 2.24) is 9.80 Å². The van der Waals surface area contributed by atoms with Gasteiger partial charge in [-0.15, -0.1) is 0 Å². The number of rotatable bonds is 0. The molecule has 0 radical (unpaired) electrons. The smallest absolute Gasteiger partial charge is 0.235 e. The summed E-state index contributed by atoms with van der Waals surface area (Å²) in [6, 6.07) is 0. The van der Waals surface area contributed by atoms with Crippen molar-refractivity contribution in [2.45, 2.75) is 13.2 Å². The zero-order valence-electron chi connectivity index (χ0n) is 7.61. The van der Waals surface area contributed by atoms with Crippen molar-refractivity contribution in [3.8, 4) is 0 Å². The quantitative estimate of drug-likeness (QED) is 0.548. The zero-order valence-corrected chi connectivity index (χ0v) is 7.61. The Balaban J connectivity index is 2.91. The first-order valence-electron chi connectivity index (χ1n) is 3.84. The Kier molecular flexibility index (Phi) is 2.10. The Morgan fingerprint density at radius 3 is 2.50 bits per heavy atom. The molecule has 2 atom stereocenters. The van der Waals surface area contributed by atoms with Crippen molar-refractivity contribution in [2.75, 3.05) is 14.1 Å². The molecule has 4 heteroatoms. The molecule has 0 saturated carbocycles. The first-order chi connectivity index (χ1) is 5.46. The van der Waals surface area contributed by atoms with Gasteiger partial charge in [-0.3, -0.25) is 4.79 Å². The number of carbonyl (C=O) groups excluding carboxylic acids is 1. The standard InChI is InChI=1S/C8H14N2O2/c1-5-7(11)9(3)6(2)10(4)8(5)12/h5,7,11H,2H2,1,3-4H3. The van der Waals surface area contributed by atoms with E-state index in [0.29, 0.717) is 5.82 Å². The van der Waals surface area contributed by atoms with Crippen LogP contribution in [0.1, 0.15) is 6.92 Å². The van der Waals surface area contributed by atoms with Crippen molar-refractivity contribution in [3.05, 3.63) is 12.4 Å². The van der Waals surface area contributed by atoms with Crippen LogP contribution in [0.5, 0.6) is 0 Å². The van der Waals surface area contributed by atoms with Crippen LogP contribution in [0, 0.1) is 5.92 Å². The van der Waals surface area contributed by atoms with E-state index < -0.39 is 6.23 Å². The Hall–Kier alpha value is -1.03. The van der Waals surface area contributed by atoms with Crippen LogP contribution in [0.4, 0.5) is 0 Å². The molecule has 12 heavy (non-hydrogen) atoms. The highest BCUT2D eigenvalue weighted by Gasteiger charge is 2.35. The van der Waals surface area contributed by atoms with Crippen LogP contribution in [0.25, 0.3) is 0 Å². The van der Waals surface area contributed by atoms with E-state index in [9.17, 15) is 9.90 Å². The van der Waals surface area contributed by atoms with Crippen molar-refractivity contribution in [1.29, 1.82) is 0 Å². The average molecular weight is 170 g/mol. The summed E-state index contributed by atoms with van der Waals surface area (Å²) in [5.41, 5.74) is 0. The molecular weight excluding hydrogens is 156 g/mol. The molecule has 1 saturated heterocycles. The van der Waals surface area contributed by atoms with Gasteiger partial charge in [0.15, 0.2) is 0 Å². The molecule has 0 bridgehead atoms. The summed E-state index contributed by atoms with van der Waals surface area (Å²) in [6.07, 6.45) is -0.749. The second kappa shape index (κ2) is 2.79. The molecule has 1 heterocycles. The molecule has 1 aliphatic heterocycles. The van der Waals surface area contributed by atoms with Crippen molar-refractivity contribution < 1.29 is 9.90 Å². The van der Waals surface area contributed by atoms with Crippen LogP contribution in [0.15, 0.2) is 12.4 Å². The highest BCUT2D eigenvalue weighted by molar-refractivity contribution is 5.81. The molecule has 1 rings (SSSR count). The van der Waals surface area contributed by atoms with Crippen molar-refractivity contribution >= 4 is 5.91 Å². The average Bonchev–Trinajstić information content (AvgIpc) is 2.08. The van der Waals surface area contributed by atoms with E-state index in [1.165, 1.54) is 4.90 Å². The molecule has 1 N–H and O–H groups in total. The Labute approximate surface area is 72.1 Å². The maximum atomic E-state index is 11.4. The van der Waals surface area contributed by atoms with E-state index in [0.717, 1.165) is 0 Å². The summed E-state index contributed by atoms with van der Waals surface area (Å²) in [5, 5.41) is 9.52. The minimum atomic E-state index is -0.749. The number of carbonyl (C=O) groups is 1. The zero-order chi connectivity index (χ0) is 9.46. The van der Waals surface area contributed by atoms with Gasteiger partial charge in [0.25, 0.3) is 0 Å². The first kappa shape index (κ1) is 9.06. The minimum absolute atomic E-state index is 0.0920. The molecule has 4 nitrogen and oxygen atoms in total. The van der Waals surface area contributed by atoms with E-state index in [1.807, 2.05) is 0 Å². The fourth-order valence-electron chi connectivity index (χ4n) is 1.28. The van der Waals surface area contributed by atoms with Gasteiger partial charge < -0.3 is 14.9 Å². The largest absolute Gasteiger partial charge is 0.373 e. The van der Waals surface area contributed by atoms with Crippen LogP contribution >= 0.6 is 0 Å². The van der Waals surface area contributed by atoms with Crippen molar-refractivity contribution in [2.24, 2.45) is 5.92 Å². The molecule has 1 amide bonds. The number of nitrogens with zero attached hydrogens (tertiary/aromatic N) is 2. The normalized spacial score (nSPS) is 31.3. The van der Waals surface area contributed by atoms with Gasteiger partial charge in [-0.25, -0.2) is 0 Å². The van der Waals surface area contributed by atoms with Crippen LogP contribution in [-0.4, -0.2) is 41.1 Å². The Morgan fingerprint density at radius 2 is 2.00 bits per heavy atom. The maximum absolute atomic E-state index is 11.4. The van der Waals surface area contributed by atoms with Gasteiger partial charge in [-0.05, 0) is 6.92 Å². The third kappa shape index (κ3) is 1.08. The Morgan fingerprint density at radius 1 is 1.50 bits per heavy atom. The predicted molar refractivity (Wildman–Crippen MR) is 44.8 cm³/mol. The van der Waals surface area contributed by atoms with Gasteiger partial charge in [-0.1, -0.05) is 6.58 Å². The van der Waals surface area contributed by atoms with E-state index in [1.54, 1.807) is 25.9 Å². The topological polar surface area (TPSA) is 43.8 Å². The molecule has 0 aromatic carbocycles. The summed E-state index contributed by atoms with van der Waals surface area (Å²) < 4.78 is 0. The number of hydrogen-bond donors (Lipinski definition) is 1. The lowest BCUT2D eigenvalue weighted by molar-refractivity contribution is -0.149. The van der Waals surface area contributed by atoms with Gasteiger partial charge in [0.05, 0.1) is 5.92 Å². The molecule has 2 unspecified atom stereocenters. The number of aliphatic hydroxyl groups excluding tert-OH is 1. The van der Waals surface area contributed by atoms with E-state index >= 15 is 0 Å². The molecule has 1 aliphatic rings. The molecular formula is C8H14N2O2. The Bertz CT molecular complexity index is 205. The molecule has 0 spiro atoms. The van der Waals surface area contributed by atoms with Gasteiger partial charge in [0, 0.05) is 14.1 Å². The molecule has 0 aromatic heterocycles. The number of hydrogen-bond acceptors (Lipinski definition) is 3. The minimum Gasteiger partial charge on any atom is -0.373 e. The lowest BCUT2D eigenvalue weighted by Gasteiger charge is -2.41. The highest BCUT2D eigenvalue weighted by Crippen LogP contribution is 2.22. The van der Waals surface area contributed by atoms with E-state index in [-0.39, 0.29) is 11.8 Å². The molecule has 0 aromatic rings. The van der Waals surface area contributed by atoms with Crippen LogP contribution in [-0.2, 0) is 4.79 Å². The summed E-state index contributed by atoms with van der Waals surface area (Å²) >= 11 is 0. The summed E-state index contributed by atoms with van der Waals surface area (Å²) in [7, 11) is 3.37. The monoisotopic (exact) mass is 170 g/mol. The van der Waals surface area contributed by atoms with E-state index in [4.69, 9.17) is 0 Å². The summed E-state index contributed by atoms with van der Waals surface area (Å²) in [6.45, 7) is 5.38. The van der Waals surface area contributed by atoms with Gasteiger partial charge in [0.1, 0.15) is 12.0 Å². The third-order valence-electron chi connectivity index (χ3n) is 2.36. The van der Waals surface area contributed by atoms with Crippen LogP contribution in [0.3, 0.4) is 0 Å². The number of amides is 1. The SMILES string of the molecule is C=C1N(C)C(=O)C(C)C(O)N1C. The fourth-order valence-corrected chi connectivity index (χ4v) is 1.28. The van der Waals surface area contributed by atoms with Gasteiger partial charge >= 0.3 is 0 Å². The lowest BCUT2D eigenvalue weighted by Crippen LogP contribution is -2.53. The summed E-state index contributed by atoms with van der Waals surface area (Å²) in [5.74, 6) is 0.0571. The van der Waals surface area contributed by atoms with Gasteiger partial charge in [0.2, 0.25) is 5.91 Å². The van der Waals surface area contributed by atoms with Crippen LogP contribution in [0.2, 0.25) is 0 Å². The third-order valence-corrected chi connectivity index (χ3v) is 2.36. The maximum Gasteiger partial charge on any atom is 0.235 e. The predicted octanol–water partition coefficient (Wildman–Crippen LogP) is -0.184. The second-order valence-electron chi connectivity index (χ2n) is 3.13. The van der Waals surface area contributed by atoms with Crippen molar-refractivity contribution in [3.63, 3.8) is 0 Å². The fraction of sp³-hybridized carbons (Fsp3) is 0.625. The highest BCUT2D eigenvalue weighted by atomic mass is 16.3. The molecule has 68 valence electrons. The first-order valence-corrected chi connectivity index (χ1v) is 3.84. The van der Waals surface area contributed by atoms with Crippen LogP contribution < -0.4 is 0 Å². The number of aliphatic hydroxyl groups is 1.